The molecule has 6 nitrogen and oxygen atoms in total. The number of halogens is 1. The summed E-state index contributed by atoms with van der Waals surface area (Å²) in [5.41, 5.74) is 6.61. The molecule has 0 fully saturated rings. The zero-order chi connectivity index (χ0) is 16.4. The number of hydrogen-bond acceptors (Lipinski definition) is 4. The van der Waals surface area contributed by atoms with Gasteiger partial charge in [-0.05, 0) is 24.5 Å². The van der Waals surface area contributed by atoms with Crippen molar-refractivity contribution in [3.8, 4) is 11.5 Å². The van der Waals surface area contributed by atoms with Crippen LogP contribution in [0.25, 0.3) is 0 Å². The van der Waals surface area contributed by atoms with E-state index in [1.54, 1.807) is 14.2 Å². The summed E-state index contributed by atoms with van der Waals surface area (Å²) in [4.78, 5) is 4.27. The van der Waals surface area contributed by atoms with Crippen molar-refractivity contribution < 1.29 is 14.2 Å². The Hall–Kier alpha value is -1.22. The van der Waals surface area contributed by atoms with E-state index in [4.69, 9.17) is 19.9 Å². The molecule has 7 heteroatoms. The van der Waals surface area contributed by atoms with Gasteiger partial charge in [-0.1, -0.05) is 13.8 Å². The predicted molar refractivity (Wildman–Crippen MR) is 105 cm³/mol. The maximum atomic E-state index is 5.89. The zero-order valence-electron chi connectivity index (χ0n) is 14.3. The van der Waals surface area contributed by atoms with Crippen molar-refractivity contribution >= 4 is 35.6 Å². The van der Waals surface area contributed by atoms with E-state index in [1.807, 2.05) is 18.2 Å². The topological polar surface area (TPSA) is 78.1 Å². The van der Waals surface area contributed by atoms with E-state index in [9.17, 15) is 0 Å². The summed E-state index contributed by atoms with van der Waals surface area (Å²) in [6.07, 6.45) is 0.838. The van der Waals surface area contributed by atoms with Gasteiger partial charge in [0.2, 0.25) is 0 Å². The molecule has 0 aliphatic rings. The molecule has 0 spiro atoms. The molecule has 0 bridgehead atoms. The molecule has 0 aliphatic carbocycles. The van der Waals surface area contributed by atoms with Crippen LogP contribution < -0.4 is 20.5 Å². The van der Waals surface area contributed by atoms with E-state index in [2.05, 4.69) is 24.2 Å². The van der Waals surface area contributed by atoms with Crippen molar-refractivity contribution in [2.24, 2.45) is 16.6 Å². The predicted octanol–water partition coefficient (Wildman–Crippen LogP) is 3.11. The van der Waals surface area contributed by atoms with Crippen LogP contribution in [0.5, 0.6) is 11.5 Å². The lowest BCUT2D eigenvalue weighted by Crippen LogP contribution is -2.23. The zero-order valence-corrected chi connectivity index (χ0v) is 16.6. The molecule has 0 unspecified atom stereocenters. The number of benzene rings is 1. The van der Waals surface area contributed by atoms with E-state index < -0.39 is 0 Å². The van der Waals surface area contributed by atoms with Crippen LogP contribution in [0.3, 0.4) is 0 Å². The Morgan fingerprint density at radius 1 is 1.26 bits per heavy atom. The number of nitrogens with zero attached hydrogens (tertiary/aromatic N) is 1. The van der Waals surface area contributed by atoms with E-state index in [0.29, 0.717) is 30.8 Å². The molecular formula is C16H28IN3O3. The van der Waals surface area contributed by atoms with Gasteiger partial charge in [-0.2, -0.15) is 0 Å². The minimum Gasteiger partial charge on any atom is -0.497 e. The highest BCUT2D eigenvalue weighted by Gasteiger charge is 2.05. The number of aliphatic imine (C=N–C) groups is 1. The Labute approximate surface area is 155 Å². The Kier molecular flexibility index (Phi) is 11.6. The molecule has 0 amide bonds. The molecule has 132 valence electrons. The number of hydrogen-bond donors (Lipinski definition) is 2. The van der Waals surface area contributed by atoms with Gasteiger partial charge < -0.3 is 25.3 Å². The van der Waals surface area contributed by atoms with Crippen molar-refractivity contribution in [2.45, 2.75) is 20.3 Å². The highest BCUT2D eigenvalue weighted by Crippen LogP contribution is 2.28. The maximum absolute atomic E-state index is 5.89. The molecule has 0 heterocycles. The molecule has 0 atom stereocenters. The van der Waals surface area contributed by atoms with Gasteiger partial charge in [0, 0.05) is 25.8 Å². The fourth-order valence-electron chi connectivity index (χ4n) is 1.77. The lowest BCUT2D eigenvalue weighted by molar-refractivity contribution is 0.109. The third-order valence-corrected chi connectivity index (χ3v) is 2.85. The summed E-state index contributed by atoms with van der Waals surface area (Å²) in [6, 6.07) is 5.45. The van der Waals surface area contributed by atoms with Gasteiger partial charge in [-0.3, -0.25) is 4.99 Å². The summed E-state index contributed by atoms with van der Waals surface area (Å²) in [5, 5.41) is 3.03. The summed E-state index contributed by atoms with van der Waals surface area (Å²) < 4.78 is 16.0. The Morgan fingerprint density at radius 2 is 2.00 bits per heavy atom. The highest BCUT2D eigenvalue weighted by atomic mass is 127. The third kappa shape index (κ3) is 8.85. The molecule has 23 heavy (non-hydrogen) atoms. The molecule has 0 saturated carbocycles. The van der Waals surface area contributed by atoms with Gasteiger partial charge in [0.1, 0.15) is 11.5 Å². The number of methoxy groups -OCH3 is 2. The summed E-state index contributed by atoms with van der Waals surface area (Å²) in [5.74, 6) is 2.29. The maximum Gasteiger partial charge on any atom is 0.193 e. The van der Waals surface area contributed by atoms with Crippen molar-refractivity contribution in [1.29, 1.82) is 0 Å². The molecule has 1 aromatic rings. The van der Waals surface area contributed by atoms with E-state index in [-0.39, 0.29) is 24.0 Å². The molecule has 0 saturated heterocycles. The van der Waals surface area contributed by atoms with Crippen LogP contribution in [0.1, 0.15) is 20.3 Å². The minimum absolute atomic E-state index is 0. The first-order chi connectivity index (χ1) is 10.6. The fraction of sp³-hybridized carbons (Fsp3) is 0.562. The average Bonchev–Trinajstić information content (AvgIpc) is 2.50. The molecule has 0 aliphatic heterocycles. The van der Waals surface area contributed by atoms with Crippen LogP contribution in [0.4, 0.5) is 5.69 Å². The van der Waals surface area contributed by atoms with Crippen LogP contribution in [0.15, 0.2) is 23.2 Å². The molecule has 1 rings (SSSR count). The number of ether oxygens (including phenoxy) is 3. The van der Waals surface area contributed by atoms with Crippen LogP contribution in [0, 0.1) is 5.92 Å². The Morgan fingerprint density at radius 3 is 2.61 bits per heavy atom. The van der Waals surface area contributed by atoms with E-state index in [0.717, 1.165) is 24.5 Å². The molecule has 0 aromatic heterocycles. The van der Waals surface area contributed by atoms with Gasteiger partial charge >= 0.3 is 0 Å². The number of anilines is 1. The van der Waals surface area contributed by atoms with Crippen LogP contribution in [0.2, 0.25) is 0 Å². The van der Waals surface area contributed by atoms with Gasteiger partial charge in [-0.15, -0.1) is 24.0 Å². The number of nitrogens with two attached hydrogens (primary N) is 1. The Balaban J connectivity index is 0.00000484. The fourth-order valence-corrected chi connectivity index (χ4v) is 1.77. The normalized spacial score (nSPS) is 11.1. The second-order valence-electron chi connectivity index (χ2n) is 5.28. The largest absolute Gasteiger partial charge is 0.497 e. The van der Waals surface area contributed by atoms with E-state index >= 15 is 0 Å². The van der Waals surface area contributed by atoms with Crippen molar-refractivity contribution in [3.05, 3.63) is 18.2 Å². The van der Waals surface area contributed by atoms with Gasteiger partial charge in [0.25, 0.3) is 0 Å². The molecule has 0 radical (unpaired) electrons. The van der Waals surface area contributed by atoms with Crippen molar-refractivity contribution in [3.63, 3.8) is 0 Å². The van der Waals surface area contributed by atoms with Gasteiger partial charge in [-0.25, -0.2) is 0 Å². The average molecular weight is 437 g/mol. The van der Waals surface area contributed by atoms with Crippen LogP contribution >= 0.6 is 24.0 Å². The monoisotopic (exact) mass is 437 g/mol. The van der Waals surface area contributed by atoms with Crippen LogP contribution in [-0.2, 0) is 4.74 Å². The summed E-state index contributed by atoms with van der Waals surface area (Å²) in [7, 11) is 3.21. The number of guanidine groups is 1. The Bertz CT molecular complexity index is 482. The molecule has 1 aromatic carbocycles. The number of nitrogens with one attached hydrogen (secondary N) is 1. The lowest BCUT2D eigenvalue weighted by atomic mass is 10.2. The summed E-state index contributed by atoms with van der Waals surface area (Å²) in [6.45, 7) is 6.34. The smallest absolute Gasteiger partial charge is 0.193 e. The SMILES string of the molecule is COc1ccc(OC)c(NC(N)=NCCCOCC(C)C)c1.I. The first-order valence-electron chi connectivity index (χ1n) is 7.43. The molecule has 3 N–H and O–H groups in total. The minimum atomic E-state index is 0. The quantitative estimate of drug-likeness (QED) is 0.269. The lowest BCUT2D eigenvalue weighted by Gasteiger charge is -2.12. The van der Waals surface area contributed by atoms with Crippen LogP contribution in [-0.4, -0.2) is 39.9 Å². The van der Waals surface area contributed by atoms with E-state index in [1.165, 1.54) is 0 Å². The first-order valence-corrected chi connectivity index (χ1v) is 7.43. The second kappa shape index (κ2) is 12.2. The second-order valence-corrected chi connectivity index (χ2v) is 5.28. The van der Waals surface area contributed by atoms with Crippen molar-refractivity contribution in [2.75, 3.05) is 39.3 Å². The summed E-state index contributed by atoms with van der Waals surface area (Å²) >= 11 is 0. The highest BCUT2D eigenvalue weighted by molar-refractivity contribution is 14.0. The standard InChI is InChI=1S/C16H27N3O3.HI/c1-12(2)11-22-9-5-8-18-16(17)19-14-10-13(20-3)6-7-15(14)21-4;/h6-7,10,12H,5,8-9,11H2,1-4H3,(H3,17,18,19);1H. The third-order valence-electron chi connectivity index (χ3n) is 2.85. The van der Waals surface area contributed by atoms with Crippen molar-refractivity contribution in [1.82, 2.24) is 0 Å². The first kappa shape index (κ1) is 21.8. The van der Waals surface area contributed by atoms with Gasteiger partial charge in [0.05, 0.1) is 19.9 Å². The number of rotatable bonds is 9. The molecular weight excluding hydrogens is 409 g/mol. The van der Waals surface area contributed by atoms with Gasteiger partial charge in [0.15, 0.2) is 5.96 Å².